The molecule has 0 aromatic rings. The van der Waals surface area contributed by atoms with E-state index in [0.29, 0.717) is 0 Å². The molecule has 3 heteroatoms. The Kier molecular flexibility index (Phi) is 3.55. The summed E-state index contributed by atoms with van der Waals surface area (Å²) in [5.74, 6) is 0.840. The Labute approximate surface area is 79.4 Å². The molecule has 0 saturated heterocycles. The molecule has 0 amide bonds. The minimum atomic E-state index is 0.840. The summed E-state index contributed by atoms with van der Waals surface area (Å²) in [6.07, 6.45) is 5.66. The van der Waals surface area contributed by atoms with Crippen LogP contribution < -0.4 is 0 Å². The molecule has 0 saturated carbocycles. The summed E-state index contributed by atoms with van der Waals surface area (Å²) >= 11 is 0. The molecule has 1 heterocycles. The summed E-state index contributed by atoms with van der Waals surface area (Å²) < 4.78 is 5.15. The molecule has 0 unspecified atom stereocenters. The number of hydrogen-bond donors (Lipinski definition) is 0. The van der Waals surface area contributed by atoms with Crippen LogP contribution in [0.25, 0.3) is 0 Å². The second kappa shape index (κ2) is 4.70. The molecule has 0 aromatic heterocycles. The Morgan fingerprint density at radius 1 is 1.46 bits per heavy atom. The van der Waals surface area contributed by atoms with Crippen molar-refractivity contribution in [1.29, 1.82) is 0 Å². The van der Waals surface area contributed by atoms with Crippen LogP contribution in [0.1, 0.15) is 13.8 Å². The molecule has 0 aromatic carbocycles. The van der Waals surface area contributed by atoms with E-state index < -0.39 is 0 Å². The van der Waals surface area contributed by atoms with E-state index in [1.54, 1.807) is 13.3 Å². The normalized spacial score (nSPS) is 17.8. The molecule has 13 heavy (non-hydrogen) atoms. The molecule has 0 radical (unpaired) electrons. The number of methoxy groups -OCH3 is 1. The van der Waals surface area contributed by atoms with Gasteiger partial charge in [0.05, 0.1) is 7.11 Å². The standard InChI is InChI=1S/C10H16N2O/c1-4-12(5-2)8-9-10(13-3)6-7-11-9/h6-8H,4-5H2,1-3H3/b9-8+. The zero-order valence-electron chi connectivity index (χ0n) is 8.45. The fourth-order valence-corrected chi connectivity index (χ4v) is 1.18. The molecule has 0 N–H and O–H groups in total. The zero-order chi connectivity index (χ0) is 9.68. The van der Waals surface area contributed by atoms with Crippen molar-refractivity contribution in [1.82, 2.24) is 4.90 Å². The van der Waals surface area contributed by atoms with Crippen LogP contribution in [0.5, 0.6) is 0 Å². The van der Waals surface area contributed by atoms with Crippen LogP contribution >= 0.6 is 0 Å². The highest BCUT2D eigenvalue weighted by Crippen LogP contribution is 2.16. The molecular formula is C10H16N2O. The van der Waals surface area contributed by atoms with E-state index in [4.69, 9.17) is 4.74 Å². The lowest BCUT2D eigenvalue weighted by Gasteiger charge is -2.16. The highest BCUT2D eigenvalue weighted by Gasteiger charge is 2.08. The smallest absolute Gasteiger partial charge is 0.147 e. The van der Waals surface area contributed by atoms with Gasteiger partial charge in [-0.2, -0.15) is 0 Å². The summed E-state index contributed by atoms with van der Waals surface area (Å²) in [6, 6.07) is 0. The van der Waals surface area contributed by atoms with Crippen molar-refractivity contribution < 1.29 is 4.74 Å². The second-order valence-corrected chi connectivity index (χ2v) is 2.75. The summed E-state index contributed by atoms with van der Waals surface area (Å²) in [5, 5.41) is 0. The van der Waals surface area contributed by atoms with E-state index in [1.807, 2.05) is 12.3 Å². The van der Waals surface area contributed by atoms with Crippen LogP contribution in [0.2, 0.25) is 0 Å². The molecule has 1 aliphatic heterocycles. The van der Waals surface area contributed by atoms with Crippen molar-refractivity contribution in [3.8, 4) is 0 Å². The van der Waals surface area contributed by atoms with Gasteiger partial charge in [0.15, 0.2) is 0 Å². The third kappa shape index (κ3) is 2.34. The number of ether oxygens (including phenoxy) is 1. The first-order valence-corrected chi connectivity index (χ1v) is 4.56. The van der Waals surface area contributed by atoms with Crippen LogP contribution in [0.4, 0.5) is 0 Å². The van der Waals surface area contributed by atoms with Crippen molar-refractivity contribution in [3.63, 3.8) is 0 Å². The van der Waals surface area contributed by atoms with Gasteiger partial charge in [-0.05, 0) is 13.8 Å². The fraction of sp³-hybridized carbons (Fsp3) is 0.500. The largest absolute Gasteiger partial charge is 0.494 e. The molecule has 0 spiro atoms. The Balaban J connectivity index is 2.70. The first kappa shape index (κ1) is 9.84. The Morgan fingerprint density at radius 3 is 2.69 bits per heavy atom. The van der Waals surface area contributed by atoms with Gasteiger partial charge >= 0.3 is 0 Å². The van der Waals surface area contributed by atoms with Gasteiger partial charge < -0.3 is 9.64 Å². The second-order valence-electron chi connectivity index (χ2n) is 2.75. The van der Waals surface area contributed by atoms with Gasteiger partial charge in [0.1, 0.15) is 11.5 Å². The van der Waals surface area contributed by atoms with E-state index in [0.717, 1.165) is 24.5 Å². The maximum absolute atomic E-state index is 5.15. The summed E-state index contributed by atoms with van der Waals surface area (Å²) in [6.45, 7) is 6.23. The Morgan fingerprint density at radius 2 is 2.15 bits per heavy atom. The van der Waals surface area contributed by atoms with Gasteiger partial charge in [0.25, 0.3) is 0 Å². The number of hydrogen-bond acceptors (Lipinski definition) is 3. The van der Waals surface area contributed by atoms with Crippen molar-refractivity contribution in [2.75, 3.05) is 20.2 Å². The van der Waals surface area contributed by atoms with Gasteiger partial charge in [0.2, 0.25) is 0 Å². The van der Waals surface area contributed by atoms with Crippen LogP contribution in [-0.2, 0) is 4.74 Å². The Hall–Kier alpha value is -1.25. The maximum atomic E-state index is 5.15. The molecule has 1 aliphatic rings. The molecule has 1 rings (SSSR count). The zero-order valence-corrected chi connectivity index (χ0v) is 8.45. The van der Waals surface area contributed by atoms with Crippen LogP contribution in [0.15, 0.2) is 28.7 Å². The van der Waals surface area contributed by atoms with E-state index in [2.05, 4.69) is 23.7 Å². The number of nitrogens with zero attached hydrogens (tertiary/aromatic N) is 2. The van der Waals surface area contributed by atoms with Gasteiger partial charge in [-0.3, -0.25) is 4.99 Å². The monoisotopic (exact) mass is 180 g/mol. The predicted molar refractivity (Wildman–Crippen MR) is 54.6 cm³/mol. The van der Waals surface area contributed by atoms with Crippen LogP contribution in [0.3, 0.4) is 0 Å². The molecule has 3 nitrogen and oxygen atoms in total. The number of allylic oxidation sites excluding steroid dienone is 1. The average Bonchev–Trinajstić information content (AvgIpc) is 2.61. The van der Waals surface area contributed by atoms with Gasteiger partial charge in [-0.25, -0.2) is 0 Å². The Bertz CT molecular complexity index is 250. The summed E-state index contributed by atoms with van der Waals surface area (Å²) in [5.41, 5.74) is 0.909. The highest BCUT2D eigenvalue weighted by molar-refractivity contribution is 5.78. The van der Waals surface area contributed by atoms with E-state index in [-0.39, 0.29) is 0 Å². The molecule has 72 valence electrons. The minimum absolute atomic E-state index is 0.840. The molecule has 0 bridgehead atoms. The van der Waals surface area contributed by atoms with E-state index >= 15 is 0 Å². The molecule has 0 atom stereocenters. The number of aliphatic imine (C=N–C) groups is 1. The predicted octanol–water partition coefficient (Wildman–Crippen LogP) is 1.78. The van der Waals surface area contributed by atoms with Crippen molar-refractivity contribution in [2.45, 2.75) is 13.8 Å². The van der Waals surface area contributed by atoms with E-state index in [9.17, 15) is 0 Å². The first-order valence-electron chi connectivity index (χ1n) is 4.56. The molecular weight excluding hydrogens is 164 g/mol. The lowest BCUT2D eigenvalue weighted by atomic mass is 10.4. The molecule has 0 aliphatic carbocycles. The lowest BCUT2D eigenvalue weighted by Crippen LogP contribution is -2.16. The lowest BCUT2D eigenvalue weighted by molar-refractivity contribution is 0.299. The SMILES string of the molecule is CCN(/C=C1/N=CC=C1OC)CC. The molecule has 0 fully saturated rings. The first-order chi connectivity index (χ1) is 6.31. The third-order valence-electron chi connectivity index (χ3n) is 2.03. The quantitative estimate of drug-likeness (QED) is 0.659. The number of rotatable bonds is 4. The topological polar surface area (TPSA) is 24.8 Å². The third-order valence-corrected chi connectivity index (χ3v) is 2.03. The van der Waals surface area contributed by atoms with Gasteiger partial charge in [-0.1, -0.05) is 0 Å². The minimum Gasteiger partial charge on any atom is -0.494 e. The maximum Gasteiger partial charge on any atom is 0.147 e. The van der Waals surface area contributed by atoms with Crippen molar-refractivity contribution in [3.05, 3.63) is 23.7 Å². The fourth-order valence-electron chi connectivity index (χ4n) is 1.18. The highest BCUT2D eigenvalue weighted by atomic mass is 16.5. The summed E-state index contributed by atoms with van der Waals surface area (Å²) in [4.78, 5) is 6.39. The van der Waals surface area contributed by atoms with Gasteiger partial charge in [-0.15, -0.1) is 0 Å². The van der Waals surface area contributed by atoms with Gasteiger partial charge in [0, 0.05) is 31.6 Å². The van der Waals surface area contributed by atoms with Crippen LogP contribution in [-0.4, -0.2) is 31.3 Å². The average molecular weight is 180 g/mol. The summed E-state index contributed by atoms with van der Waals surface area (Å²) in [7, 11) is 1.66. The van der Waals surface area contributed by atoms with Crippen LogP contribution in [0, 0.1) is 0 Å². The van der Waals surface area contributed by atoms with Crippen molar-refractivity contribution in [2.24, 2.45) is 4.99 Å². The van der Waals surface area contributed by atoms with E-state index in [1.165, 1.54) is 0 Å². The van der Waals surface area contributed by atoms with Crippen molar-refractivity contribution >= 4 is 6.21 Å².